The van der Waals surface area contributed by atoms with Crippen molar-refractivity contribution >= 4 is 23.5 Å². The Morgan fingerprint density at radius 1 is 1.37 bits per heavy atom. The van der Waals surface area contributed by atoms with Gasteiger partial charge in [0.2, 0.25) is 17.2 Å². The zero-order chi connectivity index (χ0) is 13.8. The fraction of sp³-hybridized carbons (Fsp3) is 0.750. The van der Waals surface area contributed by atoms with Gasteiger partial charge in [0.25, 0.3) is 0 Å². The lowest BCUT2D eigenvalue weighted by Gasteiger charge is -2.29. The normalized spacial score (nSPS) is 20.3. The van der Waals surface area contributed by atoms with E-state index in [4.69, 9.17) is 11.6 Å². The van der Waals surface area contributed by atoms with Crippen LogP contribution in [0.2, 0.25) is 5.28 Å². The first kappa shape index (κ1) is 14.3. The highest BCUT2D eigenvalue weighted by Gasteiger charge is 2.17. The minimum atomic E-state index is 0.224. The minimum Gasteiger partial charge on any atom is -0.354 e. The third-order valence-corrected chi connectivity index (χ3v) is 3.44. The lowest BCUT2D eigenvalue weighted by atomic mass is 9.99. The molecule has 0 bridgehead atoms. The molecule has 7 heteroatoms. The first-order chi connectivity index (χ1) is 9.04. The van der Waals surface area contributed by atoms with Crippen LogP contribution in [0.5, 0.6) is 0 Å². The highest BCUT2D eigenvalue weighted by molar-refractivity contribution is 6.28. The minimum absolute atomic E-state index is 0.224. The van der Waals surface area contributed by atoms with E-state index in [2.05, 4.69) is 32.2 Å². The Kier molecular flexibility index (Phi) is 4.76. The van der Waals surface area contributed by atoms with Crippen LogP contribution >= 0.6 is 11.6 Å². The number of aromatic nitrogens is 3. The molecule has 1 saturated heterocycles. The van der Waals surface area contributed by atoms with Gasteiger partial charge in [-0.2, -0.15) is 15.0 Å². The van der Waals surface area contributed by atoms with Gasteiger partial charge in [-0.05, 0) is 44.0 Å². The highest BCUT2D eigenvalue weighted by atomic mass is 35.5. The molecule has 1 aliphatic rings. The summed E-state index contributed by atoms with van der Waals surface area (Å²) in [7, 11) is 5.92. The largest absolute Gasteiger partial charge is 0.354 e. The molecule has 19 heavy (non-hydrogen) atoms. The number of nitrogens with zero attached hydrogens (tertiary/aromatic N) is 5. The van der Waals surface area contributed by atoms with Crippen molar-refractivity contribution in [3.05, 3.63) is 5.28 Å². The van der Waals surface area contributed by atoms with Gasteiger partial charge in [-0.3, -0.25) is 0 Å². The topological polar surface area (TPSA) is 57.2 Å². The van der Waals surface area contributed by atoms with Crippen LogP contribution in [0.1, 0.15) is 12.8 Å². The fourth-order valence-corrected chi connectivity index (χ4v) is 2.45. The molecule has 1 aromatic heterocycles. The summed E-state index contributed by atoms with van der Waals surface area (Å²) < 4.78 is 0. The fourth-order valence-electron chi connectivity index (χ4n) is 2.29. The van der Waals surface area contributed by atoms with E-state index in [0.29, 0.717) is 17.8 Å². The third kappa shape index (κ3) is 4.18. The Bertz CT molecular complexity index is 425. The molecule has 0 spiro atoms. The molecule has 1 N–H and O–H groups in total. The summed E-state index contributed by atoms with van der Waals surface area (Å²) in [5, 5.41) is 3.50. The molecule has 106 valence electrons. The number of halogens is 1. The van der Waals surface area contributed by atoms with E-state index in [1.165, 1.54) is 19.4 Å². The highest BCUT2D eigenvalue weighted by Crippen LogP contribution is 2.16. The molecule has 1 fully saturated rings. The molecule has 0 aliphatic carbocycles. The number of anilines is 2. The lowest BCUT2D eigenvalue weighted by molar-refractivity contribution is 0.217. The van der Waals surface area contributed by atoms with E-state index in [1.807, 2.05) is 19.0 Å². The summed E-state index contributed by atoms with van der Waals surface area (Å²) in [5.74, 6) is 1.76. The number of hydrogen-bond donors (Lipinski definition) is 1. The van der Waals surface area contributed by atoms with Crippen molar-refractivity contribution in [2.75, 3.05) is 51.0 Å². The number of nitrogens with one attached hydrogen (secondary N) is 1. The average molecular weight is 285 g/mol. The van der Waals surface area contributed by atoms with Gasteiger partial charge < -0.3 is 15.1 Å². The molecular weight excluding hydrogens is 264 g/mol. The van der Waals surface area contributed by atoms with Gasteiger partial charge in [-0.25, -0.2) is 0 Å². The van der Waals surface area contributed by atoms with Crippen LogP contribution in [0, 0.1) is 5.92 Å². The molecule has 0 amide bonds. The predicted molar refractivity (Wildman–Crippen MR) is 77.9 cm³/mol. The first-order valence-corrected chi connectivity index (χ1v) is 6.93. The molecule has 1 aliphatic heterocycles. The second kappa shape index (κ2) is 6.34. The molecule has 1 unspecified atom stereocenters. The van der Waals surface area contributed by atoms with Crippen LogP contribution in [0.3, 0.4) is 0 Å². The Morgan fingerprint density at radius 3 is 2.84 bits per heavy atom. The number of piperidine rings is 1. The monoisotopic (exact) mass is 284 g/mol. The van der Waals surface area contributed by atoms with E-state index < -0.39 is 0 Å². The molecule has 2 heterocycles. The van der Waals surface area contributed by atoms with Crippen LogP contribution in [0.15, 0.2) is 0 Å². The van der Waals surface area contributed by atoms with Crippen molar-refractivity contribution in [3.63, 3.8) is 0 Å². The van der Waals surface area contributed by atoms with Gasteiger partial charge in [0.1, 0.15) is 0 Å². The smallest absolute Gasteiger partial charge is 0.230 e. The van der Waals surface area contributed by atoms with Gasteiger partial charge in [0.05, 0.1) is 0 Å². The van der Waals surface area contributed by atoms with Gasteiger partial charge in [0, 0.05) is 27.2 Å². The summed E-state index contributed by atoms with van der Waals surface area (Å²) >= 11 is 5.90. The quantitative estimate of drug-likeness (QED) is 0.901. The Morgan fingerprint density at radius 2 is 2.16 bits per heavy atom. The van der Waals surface area contributed by atoms with Crippen molar-refractivity contribution < 1.29 is 0 Å². The number of rotatable bonds is 4. The van der Waals surface area contributed by atoms with Gasteiger partial charge in [0.15, 0.2) is 0 Å². The SMILES string of the molecule is CN1CCCC(CNc2nc(Cl)nc(N(C)C)n2)C1. The summed E-state index contributed by atoms with van der Waals surface area (Å²) in [6.07, 6.45) is 2.50. The maximum absolute atomic E-state index is 5.90. The van der Waals surface area contributed by atoms with Crippen LogP contribution in [0.4, 0.5) is 11.9 Å². The summed E-state index contributed by atoms with van der Waals surface area (Å²) in [5.41, 5.74) is 0. The molecule has 0 saturated carbocycles. The summed E-state index contributed by atoms with van der Waals surface area (Å²) in [4.78, 5) is 16.7. The maximum Gasteiger partial charge on any atom is 0.230 e. The maximum atomic E-state index is 5.90. The van der Waals surface area contributed by atoms with Gasteiger partial charge >= 0.3 is 0 Å². The second-order valence-corrected chi connectivity index (χ2v) is 5.61. The van der Waals surface area contributed by atoms with E-state index in [1.54, 1.807) is 0 Å². The molecule has 0 radical (unpaired) electrons. The molecule has 6 nitrogen and oxygen atoms in total. The standard InChI is InChI=1S/C12H21ClN6/c1-18(2)12-16-10(13)15-11(17-12)14-7-9-5-4-6-19(3)8-9/h9H,4-8H2,1-3H3,(H,14,15,16,17). The van der Waals surface area contributed by atoms with Gasteiger partial charge in [-0.15, -0.1) is 0 Å². The van der Waals surface area contributed by atoms with Gasteiger partial charge in [-0.1, -0.05) is 0 Å². The van der Waals surface area contributed by atoms with Crippen LogP contribution in [-0.2, 0) is 0 Å². The van der Waals surface area contributed by atoms with E-state index in [-0.39, 0.29) is 5.28 Å². The Balaban J connectivity index is 1.95. The Labute approximate surface area is 119 Å². The summed E-state index contributed by atoms with van der Waals surface area (Å²) in [6.45, 7) is 3.18. The zero-order valence-electron chi connectivity index (χ0n) is 11.7. The van der Waals surface area contributed by atoms with Crippen molar-refractivity contribution in [2.24, 2.45) is 5.92 Å². The van der Waals surface area contributed by atoms with Crippen LogP contribution < -0.4 is 10.2 Å². The van der Waals surface area contributed by atoms with Crippen molar-refractivity contribution in [2.45, 2.75) is 12.8 Å². The van der Waals surface area contributed by atoms with Crippen LogP contribution in [-0.4, -0.2) is 60.6 Å². The molecule has 1 atom stereocenters. The molecular formula is C12H21ClN6. The van der Waals surface area contributed by atoms with Crippen LogP contribution in [0.25, 0.3) is 0 Å². The van der Waals surface area contributed by atoms with Crippen molar-refractivity contribution in [1.82, 2.24) is 19.9 Å². The summed E-state index contributed by atoms with van der Waals surface area (Å²) in [6, 6.07) is 0. The molecule has 1 aromatic rings. The van der Waals surface area contributed by atoms with Crippen molar-refractivity contribution in [3.8, 4) is 0 Å². The third-order valence-electron chi connectivity index (χ3n) is 3.27. The van der Waals surface area contributed by atoms with Crippen molar-refractivity contribution in [1.29, 1.82) is 0 Å². The predicted octanol–water partition coefficient (Wildman–Crippen LogP) is 1.34. The van der Waals surface area contributed by atoms with E-state index in [0.717, 1.165) is 13.1 Å². The molecule has 0 aromatic carbocycles. The number of hydrogen-bond acceptors (Lipinski definition) is 6. The Hall–Kier alpha value is -1.14. The van der Waals surface area contributed by atoms with E-state index >= 15 is 0 Å². The second-order valence-electron chi connectivity index (χ2n) is 5.27. The lowest BCUT2D eigenvalue weighted by Crippen LogP contribution is -2.35. The van der Waals surface area contributed by atoms with E-state index in [9.17, 15) is 0 Å². The number of likely N-dealkylation sites (tertiary alicyclic amines) is 1. The average Bonchev–Trinajstić information content (AvgIpc) is 2.36. The first-order valence-electron chi connectivity index (χ1n) is 6.56. The zero-order valence-corrected chi connectivity index (χ0v) is 12.5. The molecule has 2 rings (SSSR count).